The number of anilines is 1. The summed E-state index contributed by atoms with van der Waals surface area (Å²) in [5.74, 6) is 0.751. The number of hydrogen-bond donors (Lipinski definition) is 1. The van der Waals surface area contributed by atoms with E-state index in [-0.39, 0.29) is 11.6 Å². The van der Waals surface area contributed by atoms with Crippen molar-refractivity contribution in [3.63, 3.8) is 0 Å². The molecule has 0 atom stereocenters. The van der Waals surface area contributed by atoms with Crippen LogP contribution >= 0.6 is 0 Å². The third-order valence-corrected chi connectivity index (χ3v) is 4.65. The third kappa shape index (κ3) is 2.87. The molecular formula is C20H20N6O. The quantitative estimate of drug-likeness (QED) is 0.567. The Morgan fingerprint density at radius 3 is 2.74 bits per heavy atom. The van der Waals surface area contributed by atoms with Crippen LogP contribution < -0.4 is 11.3 Å². The Labute approximate surface area is 156 Å². The summed E-state index contributed by atoms with van der Waals surface area (Å²) in [5, 5.41) is 13.9. The molecule has 4 rings (SSSR count). The molecule has 0 aliphatic heterocycles. The predicted molar refractivity (Wildman–Crippen MR) is 106 cm³/mol. The molecule has 0 amide bonds. The summed E-state index contributed by atoms with van der Waals surface area (Å²) in [7, 11) is 0. The number of nitrogen functional groups attached to an aromatic ring is 1. The molecule has 2 aromatic carbocycles. The number of fused-ring (bicyclic) bond motifs is 1. The van der Waals surface area contributed by atoms with Crippen LogP contribution in [-0.2, 0) is 0 Å². The van der Waals surface area contributed by atoms with Crippen molar-refractivity contribution in [1.29, 1.82) is 0 Å². The fourth-order valence-corrected chi connectivity index (χ4v) is 3.11. The Morgan fingerprint density at radius 2 is 1.96 bits per heavy atom. The van der Waals surface area contributed by atoms with Crippen LogP contribution in [-0.4, -0.2) is 24.5 Å². The van der Waals surface area contributed by atoms with Crippen LogP contribution in [0.4, 0.5) is 5.69 Å². The maximum absolute atomic E-state index is 13.0. The van der Waals surface area contributed by atoms with Crippen molar-refractivity contribution in [3.8, 4) is 17.1 Å². The van der Waals surface area contributed by atoms with Crippen molar-refractivity contribution in [1.82, 2.24) is 24.5 Å². The van der Waals surface area contributed by atoms with E-state index in [2.05, 4.69) is 29.1 Å². The molecule has 0 aliphatic carbocycles. The first-order valence-corrected chi connectivity index (χ1v) is 8.74. The predicted octanol–water partition coefficient (Wildman–Crippen LogP) is 3.12. The van der Waals surface area contributed by atoms with Crippen molar-refractivity contribution in [2.45, 2.75) is 26.8 Å². The minimum atomic E-state index is -0.207. The number of rotatable bonds is 3. The van der Waals surface area contributed by atoms with Crippen LogP contribution in [0.15, 0.2) is 53.7 Å². The molecule has 7 nitrogen and oxygen atoms in total. The summed E-state index contributed by atoms with van der Waals surface area (Å²) in [6.07, 6.45) is 3.39. The standard InChI is InChI=1S/C20H20N6O/c1-12(2)25-11-22-24-19(25)14-5-4-6-16(8-14)26-20(27)17-9-18(21)13(3)7-15(17)10-23-26/h4-12H,21H2,1-3H3. The zero-order chi connectivity index (χ0) is 19.1. The number of nitrogens with zero attached hydrogens (tertiary/aromatic N) is 5. The molecule has 2 N–H and O–H groups in total. The average molecular weight is 360 g/mol. The lowest BCUT2D eigenvalue weighted by molar-refractivity contribution is 0.604. The maximum Gasteiger partial charge on any atom is 0.279 e. The second-order valence-corrected chi connectivity index (χ2v) is 6.86. The van der Waals surface area contributed by atoms with Crippen molar-refractivity contribution < 1.29 is 0 Å². The Balaban J connectivity index is 1.87. The number of aromatic nitrogens is 5. The highest BCUT2D eigenvalue weighted by Crippen LogP contribution is 2.23. The van der Waals surface area contributed by atoms with E-state index >= 15 is 0 Å². The molecule has 7 heteroatoms. The summed E-state index contributed by atoms with van der Waals surface area (Å²) in [5.41, 5.74) is 8.84. The van der Waals surface area contributed by atoms with E-state index in [9.17, 15) is 4.79 Å². The maximum atomic E-state index is 13.0. The van der Waals surface area contributed by atoms with Crippen molar-refractivity contribution in [3.05, 3.63) is 64.8 Å². The SMILES string of the molecule is Cc1cc2cnn(-c3cccc(-c4nncn4C(C)C)c3)c(=O)c2cc1N. The Hall–Kier alpha value is -3.48. The minimum absolute atomic E-state index is 0.207. The number of benzene rings is 2. The van der Waals surface area contributed by atoms with E-state index in [1.807, 2.05) is 41.8 Å². The fraction of sp³-hybridized carbons (Fsp3) is 0.200. The average Bonchev–Trinajstić information content (AvgIpc) is 3.14. The molecule has 0 fully saturated rings. The molecule has 0 saturated heterocycles. The molecule has 2 heterocycles. The molecule has 0 saturated carbocycles. The smallest absolute Gasteiger partial charge is 0.279 e. The summed E-state index contributed by atoms with van der Waals surface area (Å²) in [4.78, 5) is 13.0. The topological polar surface area (TPSA) is 91.6 Å². The van der Waals surface area contributed by atoms with Gasteiger partial charge in [-0.1, -0.05) is 12.1 Å². The van der Waals surface area contributed by atoms with Gasteiger partial charge < -0.3 is 10.3 Å². The molecule has 0 radical (unpaired) electrons. The molecule has 0 unspecified atom stereocenters. The molecular weight excluding hydrogens is 340 g/mol. The van der Waals surface area contributed by atoms with Gasteiger partial charge in [-0.3, -0.25) is 4.79 Å². The van der Waals surface area contributed by atoms with Gasteiger partial charge in [0.15, 0.2) is 5.82 Å². The van der Waals surface area contributed by atoms with Gasteiger partial charge in [0, 0.05) is 22.7 Å². The minimum Gasteiger partial charge on any atom is -0.398 e. The van der Waals surface area contributed by atoms with E-state index < -0.39 is 0 Å². The van der Waals surface area contributed by atoms with E-state index in [0.717, 1.165) is 22.3 Å². The Bertz CT molecular complexity index is 1200. The van der Waals surface area contributed by atoms with Gasteiger partial charge in [0.2, 0.25) is 0 Å². The first-order chi connectivity index (χ1) is 13.0. The van der Waals surface area contributed by atoms with Gasteiger partial charge in [-0.2, -0.15) is 9.78 Å². The van der Waals surface area contributed by atoms with Gasteiger partial charge in [-0.25, -0.2) is 0 Å². The number of aryl methyl sites for hydroxylation is 1. The first-order valence-electron chi connectivity index (χ1n) is 8.74. The highest BCUT2D eigenvalue weighted by atomic mass is 16.1. The van der Waals surface area contributed by atoms with E-state index in [1.165, 1.54) is 4.68 Å². The molecule has 0 spiro atoms. The monoisotopic (exact) mass is 360 g/mol. The molecule has 4 aromatic rings. The van der Waals surface area contributed by atoms with Gasteiger partial charge in [0.05, 0.1) is 17.3 Å². The van der Waals surface area contributed by atoms with Gasteiger partial charge in [-0.15, -0.1) is 10.2 Å². The Morgan fingerprint density at radius 1 is 1.15 bits per heavy atom. The van der Waals surface area contributed by atoms with E-state index in [0.29, 0.717) is 16.8 Å². The van der Waals surface area contributed by atoms with Crippen molar-refractivity contribution in [2.75, 3.05) is 5.73 Å². The van der Waals surface area contributed by atoms with Gasteiger partial charge in [0.25, 0.3) is 5.56 Å². The zero-order valence-electron chi connectivity index (χ0n) is 15.4. The van der Waals surface area contributed by atoms with Crippen LogP contribution in [0, 0.1) is 6.92 Å². The van der Waals surface area contributed by atoms with Crippen molar-refractivity contribution >= 4 is 16.5 Å². The van der Waals surface area contributed by atoms with Gasteiger partial charge in [0.1, 0.15) is 6.33 Å². The second kappa shape index (κ2) is 6.35. The van der Waals surface area contributed by atoms with Crippen molar-refractivity contribution in [2.24, 2.45) is 0 Å². The normalized spacial score (nSPS) is 11.4. The van der Waals surface area contributed by atoms with Gasteiger partial charge in [-0.05, 0) is 50.6 Å². The molecule has 2 aromatic heterocycles. The molecule has 136 valence electrons. The summed E-state index contributed by atoms with van der Waals surface area (Å²) in [6, 6.07) is 11.4. The van der Waals surface area contributed by atoms with E-state index in [1.54, 1.807) is 18.6 Å². The largest absolute Gasteiger partial charge is 0.398 e. The lowest BCUT2D eigenvalue weighted by Gasteiger charge is -2.12. The third-order valence-electron chi connectivity index (χ3n) is 4.65. The fourth-order valence-electron chi connectivity index (χ4n) is 3.11. The highest BCUT2D eigenvalue weighted by Gasteiger charge is 2.13. The lowest BCUT2D eigenvalue weighted by Crippen LogP contribution is -2.21. The zero-order valence-corrected chi connectivity index (χ0v) is 15.4. The molecule has 0 aliphatic rings. The van der Waals surface area contributed by atoms with Crippen LogP contribution in [0.1, 0.15) is 25.5 Å². The Kier molecular flexibility index (Phi) is 3.99. The number of nitrogens with two attached hydrogens (primary N) is 1. The number of hydrogen-bond acceptors (Lipinski definition) is 5. The van der Waals surface area contributed by atoms with Crippen LogP contribution in [0.2, 0.25) is 0 Å². The summed E-state index contributed by atoms with van der Waals surface area (Å²) < 4.78 is 3.37. The molecule has 27 heavy (non-hydrogen) atoms. The second-order valence-electron chi connectivity index (χ2n) is 6.86. The first kappa shape index (κ1) is 17.0. The van der Waals surface area contributed by atoms with Crippen LogP contribution in [0.5, 0.6) is 0 Å². The summed E-state index contributed by atoms with van der Waals surface area (Å²) in [6.45, 7) is 6.05. The molecule has 0 bridgehead atoms. The van der Waals surface area contributed by atoms with Gasteiger partial charge >= 0.3 is 0 Å². The highest BCUT2D eigenvalue weighted by molar-refractivity contribution is 5.85. The summed E-state index contributed by atoms with van der Waals surface area (Å²) >= 11 is 0. The van der Waals surface area contributed by atoms with Crippen LogP contribution in [0.3, 0.4) is 0 Å². The van der Waals surface area contributed by atoms with Crippen LogP contribution in [0.25, 0.3) is 27.8 Å². The van der Waals surface area contributed by atoms with E-state index in [4.69, 9.17) is 5.73 Å². The lowest BCUT2D eigenvalue weighted by atomic mass is 10.1.